The van der Waals surface area contributed by atoms with Gasteiger partial charge in [0.05, 0.1) is 6.04 Å². The zero-order chi connectivity index (χ0) is 21.2. The van der Waals surface area contributed by atoms with E-state index in [1.165, 1.54) is 12.5 Å². The molecule has 0 radical (unpaired) electrons. The summed E-state index contributed by atoms with van der Waals surface area (Å²) in [5, 5.41) is 3.32. The first-order valence-electron chi connectivity index (χ1n) is 10.3. The number of ketones is 1. The maximum atomic E-state index is 13.6. The van der Waals surface area contributed by atoms with Crippen LogP contribution < -0.4 is 10.2 Å². The molecular formula is C24H31N3O2. The molecule has 0 saturated carbocycles. The highest BCUT2D eigenvalue weighted by atomic mass is 16.2. The van der Waals surface area contributed by atoms with Crippen LogP contribution in [0, 0.1) is 5.92 Å². The van der Waals surface area contributed by atoms with E-state index in [9.17, 15) is 9.59 Å². The number of nitrogens with one attached hydrogen (secondary N) is 1. The van der Waals surface area contributed by atoms with Crippen molar-refractivity contribution in [3.8, 4) is 0 Å². The summed E-state index contributed by atoms with van der Waals surface area (Å²) < 4.78 is 0. The molecule has 1 aliphatic rings. The molecule has 2 aromatic rings. The average Bonchev–Trinajstić information content (AvgIpc) is 3.12. The van der Waals surface area contributed by atoms with E-state index in [-0.39, 0.29) is 23.1 Å². The Kier molecular flexibility index (Phi) is 6.18. The molecule has 1 aromatic heterocycles. The molecule has 1 fully saturated rings. The van der Waals surface area contributed by atoms with Gasteiger partial charge < -0.3 is 5.32 Å². The minimum Gasteiger partial charge on any atom is -0.306 e. The number of Topliss-reactive ketones (excluding diaryl/α,β-unsaturated/α-hetero) is 1. The van der Waals surface area contributed by atoms with Gasteiger partial charge in [-0.2, -0.15) is 0 Å². The van der Waals surface area contributed by atoms with Crippen LogP contribution in [0.4, 0.5) is 5.69 Å². The van der Waals surface area contributed by atoms with Gasteiger partial charge in [-0.25, -0.2) is 0 Å². The van der Waals surface area contributed by atoms with Crippen LogP contribution in [0.15, 0.2) is 48.8 Å². The Bertz CT molecular complexity index is 856. The number of aromatic nitrogens is 1. The summed E-state index contributed by atoms with van der Waals surface area (Å²) in [6, 6.07) is 10.6. The first kappa shape index (κ1) is 21.2. The van der Waals surface area contributed by atoms with E-state index in [1.54, 1.807) is 23.4 Å². The number of hydrogen-bond acceptors (Lipinski definition) is 4. The summed E-state index contributed by atoms with van der Waals surface area (Å²) >= 11 is 0. The fraction of sp³-hybridized carbons (Fsp3) is 0.458. The third-order valence-corrected chi connectivity index (χ3v) is 5.54. The van der Waals surface area contributed by atoms with E-state index in [0.29, 0.717) is 5.92 Å². The molecule has 0 aliphatic carbocycles. The van der Waals surface area contributed by atoms with Crippen molar-refractivity contribution in [1.29, 1.82) is 0 Å². The normalized spacial score (nSPS) is 20.3. The van der Waals surface area contributed by atoms with Crippen molar-refractivity contribution in [2.45, 2.75) is 58.5 Å². The summed E-state index contributed by atoms with van der Waals surface area (Å²) in [5.41, 5.74) is 2.65. The second kappa shape index (κ2) is 8.46. The van der Waals surface area contributed by atoms with Crippen LogP contribution in [0.3, 0.4) is 0 Å². The Morgan fingerprint density at radius 3 is 2.34 bits per heavy atom. The van der Waals surface area contributed by atoms with Crippen LogP contribution in [-0.2, 0) is 15.0 Å². The van der Waals surface area contributed by atoms with Crippen molar-refractivity contribution in [3.63, 3.8) is 0 Å². The minimum atomic E-state index is -0.700. The van der Waals surface area contributed by atoms with Crippen LogP contribution in [-0.4, -0.2) is 29.3 Å². The lowest BCUT2D eigenvalue weighted by Crippen LogP contribution is -2.47. The summed E-state index contributed by atoms with van der Waals surface area (Å²) in [6.07, 6.45) is 4.11. The highest BCUT2D eigenvalue weighted by Crippen LogP contribution is 2.32. The molecule has 1 saturated heterocycles. The largest absolute Gasteiger partial charge is 0.306 e. The Labute approximate surface area is 173 Å². The number of rotatable bonds is 5. The number of nitrogens with zero attached hydrogens (tertiary/aromatic N) is 2. The third-order valence-electron chi connectivity index (χ3n) is 5.54. The van der Waals surface area contributed by atoms with Gasteiger partial charge >= 0.3 is 0 Å². The highest BCUT2D eigenvalue weighted by Gasteiger charge is 2.37. The predicted molar refractivity (Wildman–Crippen MR) is 116 cm³/mol. The molecular weight excluding hydrogens is 362 g/mol. The molecule has 29 heavy (non-hydrogen) atoms. The lowest BCUT2D eigenvalue weighted by atomic mass is 9.87. The number of anilines is 1. The molecule has 0 spiro atoms. The molecule has 3 atom stereocenters. The molecule has 2 heterocycles. The standard InChI is InChI=1S/C24H31N3O2/c1-16-13-21(26-14-16)23(29)27(20-10-8-19(9-11-20)24(3,4)5)22(17(2)28)18-7-6-12-25-15-18/h6-12,15-16,21-22,26H,13-14H2,1-5H3. The van der Waals surface area contributed by atoms with Gasteiger partial charge in [0.2, 0.25) is 5.91 Å². The molecule has 3 rings (SSSR count). The molecule has 0 bridgehead atoms. The first-order chi connectivity index (χ1) is 13.7. The van der Waals surface area contributed by atoms with E-state index in [1.807, 2.05) is 30.3 Å². The zero-order valence-corrected chi connectivity index (χ0v) is 18.0. The molecule has 1 amide bonds. The zero-order valence-electron chi connectivity index (χ0n) is 18.0. The number of benzene rings is 1. The van der Waals surface area contributed by atoms with Gasteiger partial charge in [-0.15, -0.1) is 0 Å². The smallest absolute Gasteiger partial charge is 0.245 e. The van der Waals surface area contributed by atoms with Crippen LogP contribution >= 0.6 is 0 Å². The van der Waals surface area contributed by atoms with E-state index in [4.69, 9.17) is 0 Å². The van der Waals surface area contributed by atoms with Gasteiger partial charge in [0, 0.05) is 23.6 Å². The molecule has 5 nitrogen and oxygen atoms in total. The van der Waals surface area contributed by atoms with Crippen molar-refractivity contribution in [3.05, 3.63) is 59.9 Å². The van der Waals surface area contributed by atoms with Crippen molar-refractivity contribution in [1.82, 2.24) is 10.3 Å². The fourth-order valence-electron chi connectivity index (χ4n) is 3.90. The number of carbonyl (C=O) groups excluding carboxylic acids is 2. The second-order valence-corrected chi connectivity index (χ2v) is 9.11. The van der Waals surface area contributed by atoms with Crippen molar-refractivity contribution < 1.29 is 9.59 Å². The number of amides is 1. The number of carbonyl (C=O) groups is 2. The second-order valence-electron chi connectivity index (χ2n) is 9.11. The SMILES string of the molecule is CC(=O)C(c1cccnc1)N(C(=O)C1CC(C)CN1)c1ccc(C(C)(C)C)cc1. The highest BCUT2D eigenvalue weighted by molar-refractivity contribution is 6.03. The van der Waals surface area contributed by atoms with Gasteiger partial charge in [0.25, 0.3) is 0 Å². The molecule has 154 valence electrons. The molecule has 1 aliphatic heterocycles. The van der Waals surface area contributed by atoms with Gasteiger partial charge in [-0.05, 0) is 55.0 Å². The van der Waals surface area contributed by atoms with Crippen LogP contribution in [0.2, 0.25) is 0 Å². The fourth-order valence-corrected chi connectivity index (χ4v) is 3.90. The first-order valence-corrected chi connectivity index (χ1v) is 10.3. The molecule has 5 heteroatoms. The number of pyridine rings is 1. The van der Waals surface area contributed by atoms with Crippen LogP contribution in [0.1, 0.15) is 58.2 Å². The Balaban J connectivity index is 2.05. The van der Waals surface area contributed by atoms with Crippen molar-refractivity contribution >= 4 is 17.4 Å². The molecule has 1 aromatic carbocycles. The quantitative estimate of drug-likeness (QED) is 0.833. The lowest BCUT2D eigenvalue weighted by molar-refractivity contribution is -0.125. The predicted octanol–water partition coefficient (Wildman–Crippen LogP) is 4.04. The van der Waals surface area contributed by atoms with Crippen molar-refractivity contribution in [2.24, 2.45) is 5.92 Å². The molecule has 1 N–H and O–H groups in total. The monoisotopic (exact) mass is 393 g/mol. The summed E-state index contributed by atoms with van der Waals surface area (Å²) in [7, 11) is 0. The van der Waals surface area contributed by atoms with Gasteiger partial charge in [0.1, 0.15) is 6.04 Å². The molecule has 3 unspecified atom stereocenters. The van der Waals surface area contributed by atoms with E-state index < -0.39 is 6.04 Å². The van der Waals surface area contributed by atoms with Gasteiger partial charge in [-0.3, -0.25) is 19.5 Å². The van der Waals surface area contributed by atoms with E-state index in [2.05, 4.69) is 38.0 Å². The lowest BCUT2D eigenvalue weighted by Gasteiger charge is -2.33. The van der Waals surface area contributed by atoms with Crippen LogP contribution in [0.5, 0.6) is 0 Å². The minimum absolute atomic E-state index is 0.0130. The summed E-state index contributed by atoms with van der Waals surface area (Å²) in [6.45, 7) is 10.9. The Morgan fingerprint density at radius 2 is 1.86 bits per heavy atom. The van der Waals surface area contributed by atoms with Gasteiger partial charge in [-0.1, -0.05) is 45.9 Å². The Morgan fingerprint density at radius 1 is 1.17 bits per heavy atom. The van der Waals surface area contributed by atoms with Crippen molar-refractivity contribution in [2.75, 3.05) is 11.4 Å². The van der Waals surface area contributed by atoms with E-state index >= 15 is 0 Å². The van der Waals surface area contributed by atoms with Crippen LogP contribution in [0.25, 0.3) is 0 Å². The maximum Gasteiger partial charge on any atom is 0.245 e. The summed E-state index contributed by atoms with van der Waals surface area (Å²) in [5.74, 6) is 0.280. The number of hydrogen-bond donors (Lipinski definition) is 1. The van der Waals surface area contributed by atoms with Gasteiger partial charge in [0.15, 0.2) is 5.78 Å². The Hall–Kier alpha value is -2.53. The third kappa shape index (κ3) is 4.73. The maximum absolute atomic E-state index is 13.6. The summed E-state index contributed by atoms with van der Waals surface area (Å²) in [4.78, 5) is 32.1. The average molecular weight is 394 g/mol. The van der Waals surface area contributed by atoms with E-state index in [0.717, 1.165) is 24.2 Å². The topological polar surface area (TPSA) is 62.3 Å².